The van der Waals surface area contributed by atoms with Gasteiger partial charge in [0.15, 0.2) is 0 Å². The maximum absolute atomic E-state index is 11.5. The number of rotatable bonds is 4. The molecule has 0 saturated carbocycles. The average Bonchev–Trinajstić information content (AvgIpc) is 2.31. The van der Waals surface area contributed by atoms with Crippen LogP contribution in [-0.2, 0) is 4.79 Å². The maximum Gasteiger partial charge on any atom is 0.335 e. The number of carbonyl (C=O) groups is 3. The SMILES string of the molecule is CC(NC(=O)Nc1ccc(C(=O)O)cc1Cl)C(N)=O. The third-order valence-corrected chi connectivity index (χ3v) is 2.55. The molecule has 0 aliphatic heterocycles. The molecule has 5 N–H and O–H groups in total. The fourth-order valence-corrected chi connectivity index (χ4v) is 1.40. The van der Waals surface area contributed by atoms with Crippen molar-refractivity contribution in [1.29, 1.82) is 0 Å². The van der Waals surface area contributed by atoms with Gasteiger partial charge in [0.1, 0.15) is 6.04 Å². The van der Waals surface area contributed by atoms with Gasteiger partial charge in [-0.15, -0.1) is 0 Å². The van der Waals surface area contributed by atoms with Gasteiger partial charge in [-0.25, -0.2) is 9.59 Å². The average molecular weight is 286 g/mol. The molecule has 0 heterocycles. The number of benzene rings is 1. The number of nitrogens with two attached hydrogens (primary N) is 1. The number of halogens is 1. The summed E-state index contributed by atoms with van der Waals surface area (Å²) in [5, 5.41) is 13.5. The highest BCUT2D eigenvalue weighted by molar-refractivity contribution is 6.34. The summed E-state index contributed by atoms with van der Waals surface area (Å²) in [6.07, 6.45) is 0. The summed E-state index contributed by atoms with van der Waals surface area (Å²) in [7, 11) is 0. The Hall–Kier alpha value is -2.28. The summed E-state index contributed by atoms with van der Waals surface area (Å²) in [6.45, 7) is 1.43. The van der Waals surface area contributed by atoms with Gasteiger partial charge >= 0.3 is 12.0 Å². The molecule has 0 radical (unpaired) electrons. The van der Waals surface area contributed by atoms with E-state index >= 15 is 0 Å². The number of carbonyl (C=O) groups excluding carboxylic acids is 2. The Bertz CT molecular complexity index is 533. The molecule has 0 aliphatic rings. The number of carboxylic acids is 1. The largest absolute Gasteiger partial charge is 0.478 e. The molecule has 19 heavy (non-hydrogen) atoms. The van der Waals surface area contributed by atoms with E-state index in [1.54, 1.807) is 0 Å². The van der Waals surface area contributed by atoms with Crippen molar-refractivity contribution in [3.05, 3.63) is 28.8 Å². The van der Waals surface area contributed by atoms with E-state index in [1.807, 2.05) is 0 Å². The number of primary amides is 1. The summed E-state index contributed by atoms with van der Waals surface area (Å²) in [4.78, 5) is 33.0. The van der Waals surface area contributed by atoms with Crippen molar-refractivity contribution in [3.63, 3.8) is 0 Å². The molecule has 0 fully saturated rings. The van der Waals surface area contributed by atoms with E-state index in [4.69, 9.17) is 22.4 Å². The summed E-state index contributed by atoms with van der Waals surface area (Å²) in [5.74, 6) is -1.80. The van der Waals surface area contributed by atoms with Crippen LogP contribution in [-0.4, -0.2) is 29.1 Å². The van der Waals surface area contributed by atoms with Crippen molar-refractivity contribution in [1.82, 2.24) is 5.32 Å². The highest BCUT2D eigenvalue weighted by Gasteiger charge is 2.13. The van der Waals surface area contributed by atoms with Crippen molar-refractivity contribution in [2.45, 2.75) is 13.0 Å². The molecular weight excluding hydrogens is 274 g/mol. The Morgan fingerprint density at radius 3 is 2.47 bits per heavy atom. The quantitative estimate of drug-likeness (QED) is 0.660. The highest BCUT2D eigenvalue weighted by Crippen LogP contribution is 2.22. The van der Waals surface area contributed by atoms with Crippen molar-refractivity contribution in [2.75, 3.05) is 5.32 Å². The van der Waals surface area contributed by atoms with Gasteiger partial charge in [-0.3, -0.25) is 4.79 Å². The summed E-state index contributed by atoms with van der Waals surface area (Å²) in [6, 6.07) is 2.34. The van der Waals surface area contributed by atoms with Crippen LogP contribution < -0.4 is 16.4 Å². The van der Waals surface area contributed by atoms with Crippen LogP contribution in [0.3, 0.4) is 0 Å². The van der Waals surface area contributed by atoms with Crippen LogP contribution in [0.1, 0.15) is 17.3 Å². The molecule has 1 unspecified atom stereocenters. The number of carboxylic acid groups (broad SMARTS) is 1. The first kappa shape index (κ1) is 14.8. The number of urea groups is 1. The van der Waals surface area contributed by atoms with E-state index in [0.717, 1.165) is 0 Å². The first-order valence-electron chi connectivity index (χ1n) is 5.21. The summed E-state index contributed by atoms with van der Waals surface area (Å²) < 4.78 is 0. The second-order valence-corrected chi connectivity index (χ2v) is 4.13. The molecule has 0 saturated heterocycles. The number of hydrogen-bond acceptors (Lipinski definition) is 3. The third-order valence-electron chi connectivity index (χ3n) is 2.24. The minimum Gasteiger partial charge on any atom is -0.478 e. The molecule has 0 bridgehead atoms. The molecule has 1 atom stereocenters. The monoisotopic (exact) mass is 285 g/mol. The normalized spacial score (nSPS) is 11.5. The lowest BCUT2D eigenvalue weighted by Crippen LogP contribution is -2.44. The Morgan fingerprint density at radius 2 is 2.00 bits per heavy atom. The Balaban J connectivity index is 2.75. The second kappa shape index (κ2) is 6.05. The van der Waals surface area contributed by atoms with Gasteiger partial charge in [-0.2, -0.15) is 0 Å². The highest BCUT2D eigenvalue weighted by atomic mass is 35.5. The topological polar surface area (TPSA) is 122 Å². The third kappa shape index (κ3) is 4.14. The maximum atomic E-state index is 11.5. The Kier molecular flexibility index (Phi) is 4.71. The predicted octanol–water partition coefficient (Wildman–Crippen LogP) is 1.03. The number of anilines is 1. The smallest absolute Gasteiger partial charge is 0.335 e. The molecule has 1 rings (SSSR count). The summed E-state index contributed by atoms with van der Waals surface area (Å²) in [5.41, 5.74) is 5.21. The Morgan fingerprint density at radius 1 is 1.37 bits per heavy atom. The molecular formula is C11H12ClN3O4. The van der Waals surface area contributed by atoms with E-state index in [1.165, 1.54) is 25.1 Å². The summed E-state index contributed by atoms with van der Waals surface area (Å²) >= 11 is 5.82. The van der Waals surface area contributed by atoms with Crippen LogP contribution >= 0.6 is 11.6 Å². The van der Waals surface area contributed by atoms with Crippen LogP contribution in [0.5, 0.6) is 0 Å². The molecule has 1 aromatic rings. The molecule has 102 valence electrons. The van der Waals surface area contributed by atoms with Crippen molar-refractivity contribution >= 4 is 35.2 Å². The van der Waals surface area contributed by atoms with Crippen LogP contribution in [0.25, 0.3) is 0 Å². The van der Waals surface area contributed by atoms with E-state index in [0.29, 0.717) is 0 Å². The number of nitrogens with one attached hydrogen (secondary N) is 2. The minimum absolute atomic E-state index is 0.00135. The minimum atomic E-state index is -1.12. The van der Waals surface area contributed by atoms with E-state index in [-0.39, 0.29) is 16.3 Å². The number of aromatic carboxylic acids is 1. The number of hydrogen-bond donors (Lipinski definition) is 4. The van der Waals surface area contributed by atoms with E-state index in [2.05, 4.69) is 10.6 Å². The van der Waals surface area contributed by atoms with Gasteiger partial charge in [0.05, 0.1) is 16.3 Å². The lowest BCUT2D eigenvalue weighted by Gasteiger charge is -2.12. The zero-order valence-corrected chi connectivity index (χ0v) is 10.7. The molecule has 1 aromatic carbocycles. The molecule has 3 amide bonds. The molecule has 8 heteroatoms. The molecule has 0 aliphatic carbocycles. The fourth-order valence-electron chi connectivity index (χ4n) is 1.18. The van der Waals surface area contributed by atoms with Crippen molar-refractivity contribution in [2.24, 2.45) is 5.73 Å². The van der Waals surface area contributed by atoms with Gasteiger partial charge in [-0.1, -0.05) is 11.6 Å². The standard InChI is InChI=1S/C11H12ClN3O4/c1-5(9(13)16)14-11(19)15-8-3-2-6(10(17)18)4-7(8)12/h2-5H,1H3,(H2,13,16)(H,17,18)(H2,14,15,19). The second-order valence-electron chi connectivity index (χ2n) is 3.72. The van der Waals surface area contributed by atoms with Gasteiger partial charge in [0, 0.05) is 0 Å². The lowest BCUT2D eigenvalue weighted by molar-refractivity contribution is -0.119. The van der Waals surface area contributed by atoms with Gasteiger partial charge in [0.25, 0.3) is 0 Å². The first-order valence-corrected chi connectivity index (χ1v) is 5.58. The van der Waals surface area contributed by atoms with Crippen molar-refractivity contribution < 1.29 is 19.5 Å². The first-order chi connectivity index (χ1) is 8.81. The van der Waals surface area contributed by atoms with E-state index in [9.17, 15) is 14.4 Å². The van der Waals surface area contributed by atoms with Gasteiger partial charge in [-0.05, 0) is 25.1 Å². The Labute approximate surface area is 113 Å². The van der Waals surface area contributed by atoms with Crippen LogP contribution in [0.2, 0.25) is 5.02 Å². The van der Waals surface area contributed by atoms with E-state index < -0.39 is 23.9 Å². The predicted molar refractivity (Wildman–Crippen MR) is 69.2 cm³/mol. The van der Waals surface area contributed by atoms with Crippen LogP contribution in [0.4, 0.5) is 10.5 Å². The zero-order valence-electron chi connectivity index (χ0n) is 9.94. The van der Waals surface area contributed by atoms with Crippen LogP contribution in [0, 0.1) is 0 Å². The van der Waals surface area contributed by atoms with Gasteiger partial charge in [0.2, 0.25) is 5.91 Å². The van der Waals surface area contributed by atoms with Gasteiger partial charge < -0.3 is 21.5 Å². The lowest BCUT2D eigenvalue weighted by atomic mass is 10.2. The zero-order chi connectivity index (χ0) is 14.6. The number of amides is 3. The molecule has 0 spiro atoms. The molecule has 7 nitrogen and oxygen atoms in total. The molecule has 0 aromatic heterocycles. The van der Waals surface area contributed by atoms with Crippen LogP contribution in [0.15, 0.2) is 18.2 Å². The fraction of sp³-hybridized carbons (Fsp3) is 0.182. The van der Waals surface area contributed by atoms with Crippen molar-refractivity contribution in [3.8, 4) is 0 Å².